The number of aryl methyl sites for hydroxylation is 1. The molecule has 7 heteroatoms. The van der Waals surface area contributed by atoms with Crippen LogP contribution in [0.25, 0.3) is 10.9 Å². The molecule has 1 N–H and O–H groups in total. The van der Waals surface area contributed by atoms with Crippen molar-refractivity contribution in [2.45, 2.75) is 19.5 Å². The van der Waals surface area contributed by atoms with Gasteiger partial charge in [-0.25, -0.2) is 18.1 Å². The number of fused-ring (bicyclic) bond motifs is 1. The van der Waals surface area contributed by atoms with Gasteiger partial charge in [-0.1, -0.05) is 42.5 Å². The average Bonchev–Trinajstić information content (AvgIpc) is 2.62. The van der Waals surface area contributed by atoms with Gasteiger partial charge in [0.25, 0.3) is 5.56 Å². The average molecular weight is 357 g/mol. The van der Waals surface area contributed by atoms with Crippen LogP contribution in [0.2, 0.25) is 0 Å². The first kappa shape index (κ1) is 17.3. The fourth-order valence-electron chi connectivity index (χ4n) is 2.62. The first-order valence-corrected chi connectivity index (χ1v) is 9.61. The summed E-state index contributed by atoms with van der Waals surface area (Å²) in [6.07, 6.45) is 1.39. The highest BCUT2D eigenvalue weighted by Gasteiger charge is 2.16. The van der Waals surface area contributed by atoms with Gasteiger partial charge in [0.1, 0.15) is 0 Å². The molecule has 0 saturated carbocycles. The maximum atomic E-state index is 12.4. The summed E-state index contributed by atoms with van der Waals surface area (Å²) in [6.45, 7) is 1.84. The zero-order valence-corrected chi connectivity index (χ0v) is 14.6. The van der Waals surface area contributed by atoms with Crippen LogP contribution in [-0.4, -0.2) is 23.7 Å². The second-order valence-corrected chi connectivity index (χ2v) is 7.70. The fraction of sp³-hybridized carbons (Fsp3) is 0.222. The molecule has 0 aliphatic heterocycles. The Labute approximate surface area is 146 Å². The van der Waals surface area contributed by atoms with Gasteiger partial charge in [-0.05, 0) is 24.6 Å². The highest BCUT2D eigenvalue weighted by Crippen LogP contribution is 2.12. The number of rotatable bonds is 6. The number of sulfonamides is 1. The molecule has 1 heterocycles. The number of hydrogen-bond donors (Lipinski definition) is 1. The molecule has 0 bridgehead atoms. The Morgan fingerprint density at radius 1 is 1.08 bits per heavy atom. The van der Waals surface area contributed by atoms with E-state index in [0.717, 1.165) is 5.56 Å². The highest BCUT2D eigenvalue weighted by molar-refractivity contribution is 7.89. The lowest BCUT2D eigenvalue weighted by molar-refractivity contribution is 0.559. The van der Waals surface area contributed by atoms with Gasteiger partial charge in [0.15, 0.2) is 0 Å². The van der Waals surface area contributed by atoms with Crippen molar-refractivity contribution >= 4 is 20.9 Å². The molecule has 6 nitrogen and oxygen atoms in total. The van der Waals surface area contributed by atoms with Gasteiger partial charge in [-0.2, -0.15) is 0 Å². The zero-order chi connectivity index (χ0) is 17.9. The fourth-order valence-corrected chi connectivity index (χ4v) is 3.85. The summed E-state index contributed by atoms with van der Waals surface area (Å²) in [5, 5.41) is 0.480. The molecule has 0 spiro atoms. The van der Waals surface area contributed by atoms with Crippen molar-refractivity contribution in [1.82, 2.24) is 14.3 Å². The van der Waals surface area contributed by atoms with E-state index in [1.165, 1.54) is 10.9 Å². The van der Waals surface area contributed by atoms with Gasteiger partial charge in [0, 0.05) is 12.6 Å². The summed E-state index contributed by atoms with van der Waals surface area (Å²) in [7, 11) is -3.53. The van der Waals surface area contributed by atoms with Gasteiger partial charge in [-0.3, -0.25) is 9.36 Å². The van der Waals surface area contributed by atoms with E-state index in [-0.39, 0.29) is 23.9 Å². The summed E-state index contributed by atoms with van der Waals surface area (Å²) in [6, 6.07) is 16.0. The molecule has 130 valence electrons. The van der Waals surface area contributed by atoms with E-state index < -0.39 is 10.0 Å². The smallest absolute Gasteiger partial charge is 0.261 e. The Kier molecular flexibility index (Phi) is 4.96. The molecule has 1 unspecified atom stereocenters. The molecular weight excluding hydrogens is 338 g/mol. The number of aromatic nitrogens is 2. The first-order chi connectivity index (χ1) is 12.0. The predicted molar refractivity (Wildman–Crippen MR) is 97.8 cm³/mol. The van der Waals surface area contributed by atoms with Crippen LogP contribution in [0.1, 0.15) is 18.5 Å². The van der Waals surface area contributed by atoms with Gasteiger partial charge >= 0.3 is 0 Å². The molecule has 1 aromatic heterocycles. The van der Waals surface area contributed by atoms with E-state index in [1.807, 2.05) is 30.3 Å². The van der Waals surface area contributed by atoms with E-state index in [0.29, 0.717) is 10.9 Å². The van der Waals surface area contributed by atoms with Crippen molar-refractivity contribution in [3.8, 4) is 0 Å². The Balaban J connectivity index is 1.72. The number of nitrogens with one attached hydrogen (secondary N) is 1. The van der Waals surface area contributed by atoms with Crippen LogP contribution in [0.4, 0.5) is 0 Å². The van der Waals surface area contributed by atoms with E-state index >= 15 is 0 Å². The Morgan fingerprint density at radius 3 is 2.52 bits per heavy atom. The van der Waals surface area contributed by atoms with Crippen LogP contribution < -0.4 is 10.3 Å². The lowest BCUT2D eigenvalue weighted by Crippen LogP contribution is -2.32. The standard InChI is InChI=1S/C18H19N3O3S/c1-14(15-7-3-2-4-8-15)20-25(23,24)12-11-21-13-19-17-10-6-5-9-16(17)18(21)22/h2-10,13-14,20H,11-12H2,1H3. The third-order valence-corrected chi connectivity index (χ3v) is 5.42. The summed E-state index contributed by atoms with van der Waals surface area (Å²) in [5.74, 6) is -0.190. The molecule has 0 saturated heterocycles. The minimum absolute atomic E-state index is 0.0491. The van der Waals surface area contributed by atoms with Crippen molar-refractivity contribution in [2.75, 3.05) is 5.75 Å². The van der Waals surface area contributed by atoms with E-state index in [9.17, 15) is 13.2 Å². The number of nitrogens with zero attached hydrogens (tertiary/aromatic N) is 2. The molecule has 0 aliphatic carbocycles. The molecule has 0 fully saturated rings. The summed E-state index contributed by atoms with van der Waals surface area (Å²) < 4.78 is 28.6. The van der Waals surface area contributed by atoms with Crippen molar-refractivity contribution in [3.05, 3.63) is 76.8 Å². The normalized spacial score (nSPS) is 13.0. The van der Waals surface area contributed by atoms with Crippen LogP contribution in [-0.2, 0) is 16.6 Å². The van der Waals surface area contributed by atoms with E-state index in [1.54, 1.807) is 31.2 Å². The second kappa shape index (κ2) is 7.16. The van der Waals surface area contributed by atoms with E-state index in [4.69, 9.17) is 0 Å². The number of benzene rings is 2. The molecule has 0 amide bonds. The summed E-state index contributed by atoms with van der Waals surface area (Å²) >= 11 is 0. The third kappa shape index (κ3) is 4.12. The lowest BCUT2D eigenvalue weighted by atomic mass is 10.1. The zero-order valence-electron chi connectivity index (χ0n) is 13.8. The van der Waals surface area contributed by atoms with E-state index in [2.05, 4.69) is 9.71 Å². The maximum Gasteiger partial charge on any atom is 0.261 e. The second-order valence-electron chi connectivity index (χ2n) is 5.83. The molecule has 2 aromatic carbocycles. The Morgan fingerprint density at radius 2 is 1.76 bits per heavy atom. The predicted octanol–water partition coefficient (Wildman–Crippen LogP) is 2.08. The van der Waals surface area contributed by atoms with Crippen molar-refractivity contribution < 1.29 is 8.42 Å². The molecular formula is C18H19N3O3S. The van der Waals surface area contributed by atoms with Crippen molar-refractivity contribution in [3.63, 3.8) is 0 Å². The Bertz CT molecular complexity index is 1030. The topological polar surface area (TPSA) is 81.1 Å². The molecule has 1 atom stereocenters. The largest absolute Gasteiger partial charge is 0.298 e. The van der Waals surface area contributed by atoms with Crippen LogP contribution in [0, 0.1) is 0 Å². The van der Waals surface area contributed by atoms with Crippen LogP contribution in [0.5, 0.6) is 0 Å². The van der Waals surface area contributed by atoms with Crippen molar-refractivity contribution in [2.24, 2.45) is 0 Å². The quantitative estimate of drug-likeness (QED) is 0.732. The molecule has 0 radical (unpaired) electrons. The third-order valence-electron chi connectivity index (χ3n) is 3.99. The molecule has 0 aliphatic rings. The molecule has 25 heavy (non-hydrogen) atoms. The van der Waals surface area contributed by atoms with Gasteiger partial charge < -0.3 is 0 Å². The number of para-hydroxylation sites is 1. The van der Waals surface area contributed by atoms with Crippen LogP contribution >= 0.6 is 0 Å². The van der Waals surface area contributed by atoms with Gasteiger partial charge in [-0.15, -0.1) is 0 Å². The Hall–Kier alpha value is -2.51. The monoisotopic (exact) mass is 357 g/mol. The highest BCUT2D eigenvalue weighted by atomic mass is 32.2. The minimum Gasteiger partial charge on any atom is -0.298 e. The minimum atomic E-state index is -3.53. The van der Waals surface area contributed by atoms with Crippen LogP contribution in [0.15, 0.2) is 65.7 Å². The molecule has 3 aromatic rings. The molecule has 3 rings (SSSR count). The summed E-state index contributed by atoms with van der Waals surface area (Å²) in [5.41, 5.74) is 1.25. The summed E-state index contributed by atoms with van der Waals surface area (Å²) in [4.78, 5) is 16.6. The maximum absolute atomic E-state index is 12.4. The SMILES string of the molecule is CC(NS(=O)(=O)CCn1cnc2ccccc2c1=O)c1ccccc1. The van der Waals surface area contributed by atoms with Gasteiger partial charge in [0.05, 0.1) is 23.0 Å². The van der Waals surface area contributed by atoms with Crippen molar-refractivity contribution in [1.29, 1.82) is 0 Å². The first-order valence-electron chi connectivity index (χ1n) is 7.95. The lowest BCUT2D eigenvalue weighted by Gasteiger charge is -2.15. The van der Waals surface area contributed by atoms with Gasteiger partial charge in [0.2, 0.25) is 10.0 Å². The van der Waals surface area contributed by atoms with Crippen LogP contribution in [0.3, 0.4) is 0 Å². The number of hydrogen-bond acceptors (Lipinski definition) is 4.